The summed E-state index contributed by atoms with van der Waals surface area (Å²) in [4.78, 5) is 20.8. The molecule has 0 spiro atoms. The highest BCUT2D eigenvalue weighted by Gasteiger charge is 2.22. The second-order valence-electron chi connectivity index (χ2n) is 5.93. The lowest BCUT2D eigenvalue weighted by molar-refractivity contribution is 0.0703. The molecule has 0 saturated heterocycles. The molecule has 142 valence electrons. The van der Waals surface area contributed by atoms with E-state index in [0.717, 1.165) is 17.0 Å². The number of carboxylic acids is 1. The SMILES string of the molecule is Cn1nccc1COc1nc(-c2cccc(Cl)c2)c2c(N)c(C(=O)O)sc2n1. The first-order valence-electron chi connectivity index (χ1n) is 8.13. The molecule has 0 atom stereocenters. The summed E-state index contributed by atoms with van der Waals surface area (Å²) in [5.74, 6) is -1.12. The van der Waals surface area contributed by atoms with Crippen LogP contribution in [-0.2, 0) is 13.7 Å². The third-order valence-corrected chi connectivity index (χ3v) is 5.45. The van der Waals surface area contributed by atoms with Crippen molar-refractivity contribution >= 4 is 44.8 Å². The van der Waals surface area contributed by atoms with Gasteiger partial charge >= 0.3 is 12.0 Å². The number of rotatable bonds is 5. The Balaban J connectivity index is 1.85. The average molecular weight is 416 g/mol. The van der Waals surface area contributed by atoms with Crippen LogP contribution >= 0.6 is 22.9 Å². The van der Waals surface area contributed by atoms with E-state index in [-0.39, 0.29) is 23.2 Å². The molecule has 8 nitrogen and oxygen atoms in total. The second-order valence-corrected chi connectivity index (χ2v) is 7.37. The summed E-state index contributed by atoms with van der Waals surface area (Å²) in [7, 11) is 1.80. The first-order chi connectivity index (χ1) is 13.4. The fourth-order valence-corrected chi connectivity index (χ4v) is 3.87. The van der Waals surface area contributed by atoms with Gasteiger partial charge in [0.25, 0.3) is 0 Å². The van der Waals surface area contributed by atoms with E-state index in [2.05, 4.69) is 15.1 Å². The Labute approximate surface area is 168 Å². The molecule has 0 aliphatic carbocycles. The lowest BCUT2D eigenvalue weighted by Gasteiger charge is -2.09. The van der Waals surface area contributed by atoms with Crippen LogP contribution in [0.2, 0.25) is 5.02 Å². The van der Waals surface area contributed by atoms with E-state index >= 15 is 0 Å². The monoisotopic (exact) mass is 415 g/mol. The fourth-order valence-electron chi connectivity index (χ4n) is 2.75. The summed E-state index contributed by atoms with van der Waals surface area (Å²) in [6.45, 7) is 0.212. The van der Waals surface area contributed by atoms with Gasteiger partial charge in [-0.25, -0.2) is 4.79 Å². The molecule has 28 heavy (non-hydrogen) atoms. The average Bonchev–Trinajstić information content (AvgIpc) is 3.22. The summed E-state index contributed by atoms with van der Waals surface area (Å²) in [5.41, 5.74) is 8.22. The lowest BCUT2D eigenvalue weighted by Crippen LogP contribution is -2.05. The van der Waals surface area contributed by atoms with E-state index in [1.54, 1.807) is 36.1 Å². The molecule has 0 amide bonds. The van der Waals surface area contributed by atoms with Gasteiger partial charge in [0.15, 0.2) is 0 Å². The van der Waals surface area contributed by atoms with Crippen molar-refractivity contribution < 1.29 is 14.6 Å². The summed E-state index contributed by atoms with van der Waals surface area (Å²) < 4.78 is 7.43. The topological polar surface area (TPSA) is 116 Å². The molecule has 0 unspecified atom stereocenters. The van der Waals surface area contributed by atoms with Gasteiger partial charge in [0, 0.05) is 23.8 Å². The Morgan fingerprint density at radius 3 is 2.86 bits per heavy atom. The third kappa shape index (κ3) is 3.25. The van der Waals surface area contributed by atoms with E-state index in [9.17, 15) is 9.90 Å². The summed E-state index contributed by atoms with van der Waals surface area (Å²) in [6, 6.07) is 9.00. The minimum absolute atomic E-state index is 0.0105. The molecule has 10 heteroatoms. The number of nitrogens with two attached hydrogens (primary N) is 1. The Morgan fingerprint density at radius 2 is 2.18 bits per heavy atom. The van der Waals surface area contributed by atoms with E-state index in [0.29, 0.717) is 26.5 Å². The summed E-state index contributed by atoms with van der Waals surface area (Å²) in [6.07, 6.45) is 1.67. The Kier molecular flexibility index (Phi) is 4.62. The molecule has 4 rings (SSSR count). The van der Waals surface area contributed by atoms with Crippen molar-refractivity contribution in [2.45, 2.75) is 6.61 Å². The number of anilines is 1. The molecule has 3 heterocycles. The molecule has 3 aromatic heterocycles. The molecule has 0 aliphatic rings. The van der Waals surface area contributed by atoms with Gasteiger partial charge in [0.1, 0.15) is 16.3 Å². The van der Waals surface area contributed by atoms with Crippen molar-refractivity contribution in [2.24, 2.45) is 7.05 Å². The van der Waals surface area contributed by atoms with E-state index in [1.807, 2.05) is 12.1 Å². The zero-order chi connectivity index (χ0) is 19.8. The molecule has 1 aromatic carbocycles. The number of carboxylic acid groups (broad SMARTS) is 1. The molecule has 0 saturated carbocycles. The lowest BCUT2D eigenvalue weighted by atomic mass is 10.1. The maximum atomic E-state index is 11.5. The standard InChI is InChI=1S/C18H14ClN5O3S/c1-24-11(5-6-21-24)8-27-18-22-14(9-3-2-4-10(19)7-9)12-13(20)15(17(25)26)28-16(12)23-18/h2-7H,8,20H2,1H3,(H,25,26). The van der Waals surface area contributed by atoms with Gasteiger partial charge in [-0.1, -0.05) is 23.7 Å². The van der Waals surface area contributed by atoms with Crippen LogP contribution in [0, 0.1) is 0 Å². The van der Waals surface area contributed by atoms with Crippen LogP contribution in [0.4, 0.5) is 5.69 Å². The third-order valence-electron chi connectivity index (χ3n) is 4.13. The predicted molar refractivity (Wildman–Crippen MR) is 107 cm³/mol. The van der Waals surface area contributed by atoms with Crippen LogP contribution in [-0.4, -0.2) is 30.8 Å². The maximum absolute atomic E-state index is 11.5. The smallest absolute Gasteiger partial charge is 0.348 e. The maximum Gasteiger partial charge on any atom is 0.348 e. The molecular formula is C18H14ClN5O3S. The fraction of sp³-hybridized carbons (Fsp3) is 0.111. The number of hydrogen-bond acceptors (Lipinski definition) is 7. The number of aromatic nitrogens is 4. The molecular weight excluding hydrogens is 402 g/mol. The van der Waals surface area contributed by atoms with Crippen LogP contribution in [0.3, 0.4) is 0 Å². The number of fused-ring (bicyclic) bond motifs is 1. The molecule has 3 N–H and O–H groups in total. The minimum Gasteiger partial charge on any atom is -0.477 e. The van der Waals surface area contributed by atoms with Crippen LogP contribution in [0.15, 0.2) is 36.5 Å². The number of thiophene rings is 1. The van der Waals surface area contributed by atoms with E-state index in [1.165, 1.54) is 0 Å². The van der Waals surface area contributed by atoms with Gasteiger partial charge in [-0.2, -0.15) is 15.1 Å². The number of nitrogens with zero attached hydrogens (tertiary/aromatic N) is 4. The quantitative estimate of drug-likeness (QED) is 0.511. The first kappa shape index (κ1) is 18.2. The Hall–Kier alpha value is -3.17. The Morgan fingerprint density at radius 1 is 1.36 bits per heavy atom. The number of benzene rings is 1. The number of aromatic carboxylic acids is 1. The predicted octanol–water partition coefficient (Wildman–Crippen LogP) is 3.60. The van der Waals surface area contributed by atoms with Gasteiger partial charge in [-0.05, 0) is 18.2 Å². The van der Waals surface area contributed by atoms with E-state index in [4.69, 9.17) is 22.1 Å². The van der Waals surface area contributed by atoms with Crippen molar-refractivity contribution in [3.8, 4) is 17.3 Å². The van der Waals surface area contributed by atoms with Crippen molar-refractivity contribution in [3.63, 3.8) is 0 Å². The summed E-state index contributed by atoms with van der Waals surface area (Å²) in [5, 5.41) is 14.5. The van der Waals surface area contributed by atoms with Crippen molar-refractivity contribution in [1.29, 1.82) is 0 Å². The highest BCUT2D eigenvalue weighted by atomic mass is 35.5. The summed E-state index contributed by atoms with van der Waals surface area (Å²) >= 11 is 7.10. The molecule has 0 radical (unpaired) electrons. The van der Waals surface area contributed by atoms with Crippen molar-refractivity contribution in [1.82, 2.24) is 19.7 Å². The van der Waals surface area contributed by atoms with Gasteiger partial charge in [-0.15, -0.1) is 11.3 Å². The minimum atomic E-state index is -1.12. The van der Waals surface area contributed by atoms with Crippen LogP contribution < -0.4 is 10.5 Å². The normalized spacial score (nSPS) is 11.1. The highest BCUT2D eigenvalue weighted by molar-refractivity contribution is 7.21. The van der Waals surface area contributed by atoms with Crippen molar-refractivity contribution in [2.75, 3.05) is 5.73 Å². The van der Waals surface area contributed by atoms with Gasteiger partial charge in [-0.3, -0.25) is 4.68 Å². The number of ether oxygens (including phenoxy) is 1. The second kappa shape index (κ2) is 7.10. The van der Waals surface area contributed by atoms with Crippen molar-refractivity contribution in [3.05, 3.63) is 52.1 Å². The van der Waals surface area contributed by atoms with Crippen LogP contribution in [0.1, 0.15) is 15.4 Å². The van der Waals surface area contributed by atoms with E-state index < -0.39 is 5.97 Å². The molecule has 0 aliphatic heterocycles. The first-order valence-corrected chi connectivity index (χ1v) is 9.32. The van der Waals surface area contributed by atoms with Crippen LogP contribution in [0.25, 0.3) is 21.5 Å². The zero-order valence-corrected chi connectivity index (χ0v) is 16.2. The largest absolute Gasteiger partial charge is 0.477 e. The number of halogens is 1. The molecule has 0 fully saturated rings. The van der Waals surface area contributed by atoms with Gasteiger partial charge < -0.3 is 15.6 Å². The number of hydrogen-bond donors (Lipinski definition) is 2. The number of aryl methyl sites for hydroxylation is 1. The number of nitrogen functional groups attached to an aromatic ring is 1. The zero-order valence-electron chi connectivity index (χ0n) is 14.6. The van der Waals surface area contributed by atoms with Crippen LogP contribution in [0.5, 0.6) is 6.01 Å². The van der Waals surface area contributed by atoms with Gasteiger partial charge in [0.05, 0.1) is 22.5 Å². The number of carbonyl (C=O) groups is 1. The highest BCUT2D eigenvalue weighted by Crippen LogP contribution is 2.39. The molecule has 0 bridgehead atoms. The Bertz CT molecular complexity index is 1200. The molecule has 4 aromatic rings. The van der Waals surface area contributed by atoms with Gasteiger partial charge in [0.2, 0.25) is 0 Å².